The highest BCUT2D eigenvalue weighted by Gasteiger charge is 2.15. The van der Waals surface area contributed by atoms with Crippen LogP contribution in [0.15, 0.2) is 84.0 Å². The van der Waals surface area contributed by atoms with Crippen LogP contribution in [0.2, 0.25) is 0 Å². The summed E-state index contributed by atoms with van der Waals surface area (Å²) in [5.74, 6) is -0.601. The fraction of sp³-hybridized carbons (Fsp3) is 0.0833. The monoisotopic (exact) mass is 427 g/mol. The average molecular weight is 427 g/mol. The number of nitrogens with zero attached hydrogens (tertiary/aromatic N) is 4. The molecule has 5 rings (SSSR count). The van der Waals surface area contributed by atoms with Crippen molar-refractivity contribution in [1.82, 2.24) is 24.5 Å². The van der Waals surface area contributed by atoms with E-state index in [1.54, 1.807) is 64.1 Å². The molecule has 0 aliphatic heterocycles. The molecule has 5 aromatic rings. The van der Waals surface area contributed by atoms with Crippen molar-refractivity contribution < 1.29 is 9.18 Å². The molecule has 2 aromatic carbocycles. The Kier molecular flexibility index (Phi) is 4.95. The number of fused-ring (bicyclic) bond motifs is 3. The van der Waals surface area contributed by atoms with Gasteiger partial charge in [0.25, 0.3) is 11.5 Å². The van der Waals surface area contributed by atoms with Gasteiger partial charge in [-0.2, -0.15) is 5.10 Å². The molecule has 0 saturated heterocycles. The van der Waals surface area contributed by atoms with Gasteiger partial charge in [-0.15, -0.1) is 0 Å². The number of amides is 1. The number of hydrogen-bond acceptors (Lipinski definition) is 4. The third-order valence-electron chi connectivity index (χ3n) is 5.32. The van der Waals surface area contributed by atoms with Crippen LogP contribution in [0.25, 0.3) is 16.6 Å². The van der Waals surface area contributed by atoms with Crippen molar-refractivity contribution in [3.63, 3.8) is 0 Å². The standard InChI is InChI=1S/C24H18FN5O2/c25-19-4-1-17(2-5-19)15-29-22-13-18(23(31)27-14-16-7-10-26-11-8-16)3-6-20(22)30-21(24(29)32)9-12-28-30/h1-13H,14-15H2,(H,27,31). The molecular weight excluding hydrogens is 409 g/mol. The van der Waals surface area contributed by atoms with Gasteiger partial charge in [0.1, 0.15) is 11.3 Å². The van der Waals surface area contributed by atoms with E-state index in [0.29, 0.717) is 28.7 Å². The van der Waals surface area contributed by atoms with E-state index >= 15 is 0 Å². The first-order chi connectivity index (χ1) is 15.6. The fourth-order valence-corrected chi connectivity index (χ4v) is 3.68. The SMILES string of the molecule is O=C(NCc1ccncc1)c1ccc2c(c1)n(Cc1ccc(F)cc1)c(=O)c1ccnn12. The lowest BCUT2D eigenvalue weighted by atomic mass is 10.1. The predicted octanol–water partition coefficient (Wildman–Crippen LogP) is 3.16. The van der Waals surface area contributed by atoms with Gasteiger partial charge in [-0.05, 0) is 59.7 Å². The molecule has 0 atom stereocenters. The minimum Gasteiger partial charge on any atom is -0.348 e. The number of nitrogens with one attached hydrogen (secondary N) is 1. The fourth-order valence-electron chi connectivity index (χ4n) is 3.68. The van der Waals surface area contributed by atoms with Crippen LogP contribution in [0.1, 0.15) is 21.5 Å². The number of pyridine rings is 1. The smallest absolute Gasteiger partial charge is 0.277 e. The minimum atomic E-state index is -0.342. The Hall–Kier alpha value is -4.33. The van der Waals surface area contributed by atoms with Crippen molar-refractivity contribution >= 4 is 22.5 Å². The van der Waals surface area contributed by atoms with Gasteiger partial charge in [0, 0.05) is 24.5 Å². The third kappa shape index (κ3) is 3.62. The normalized spacial score (nSPS) is 11.2. The van der Waals surface area contributed by atoms with E-state index in [2.05, 4.69) is 15.4 Å². The van der Waals surface area contributed by atoms with Gasteiger partial charge in [-0.3, -0.25) is 14.6 Å². The quantitative estimate of drug-likeness (QED) is 0.467. The second-order valence-electron chi connectivity index (χ2n) is 7.39. The second-order valence-corrected chi connectivity index (χ2v) is 7.39. The Morgan fingerprint density at radius 3 is 2.44 bits per heavy atom. The number of rotatable bonds is 5. The van der Waals surface area contributed by atoms with Gasteiger partial charge in [0.2, 0.25) is 0 Å². The highest BCUT2D eigenvalue weighted by Crippen LogP contribution is 2.18. The molecule has 0 unspecified atom stereocenters. The number of carbonyl (C=O) groups excluding carboxylic acids is 1. The lowest BCUT2D eigenvalue weighted by Gasteiger charge is -2.14. The van der Waals surface area contributed by atoms with Gasteiger partial charge < -0.3 is 9.88 Å². The molecule has 1 amide bonds. The van der Waals surface area contributed by atoms with E-state index in [-0.39, 0.29) is 23.8 Å². The summed E-state index contributed by atoms with van der Waals surface area (Å²) in [6.45, 7) is 0.597. The molecule has 0 fully saturated rings. The van der Waals surface area contributed by atoms with Crippen LogP contribution < -0.4 is 10.9 Å². The maximum Gasteiger partial charge on any atom is 0.277 e. The molecule has 0 saturated carbocycles. The van der Waals surface area contributed by atoms with Crippen molar-refractivity contribution in [2.24, 2.45) is 0 Å². The van der Waals surface area contributed by atoms with Crippen LogP contribution in [-0.2, 0) is 13.1 Å². The summed E-state index contributed by atoms with van der Waals surface area (Å²) in [6.07, 6.45) is 4.90. The summed E-state index contributed by atoms with van der Waals surface area (Å²) >= 11 is 0. The predicted molar refractivity (Wildman–Crippen MR) is 118 cm³/mol. The zero-order valence-electron chi connectivity index (χ0n) is 16.9. The molecule has 0 bridgehead atoms. The number of aromatic nitrogens is 4. The number of carbonyl (C=O) groups is 1. The highest BCUT2D eigenvalue weighted by molar-refractivity contribution is 5.97. The topological polar surface area (TPSA) is 81.3 Å². The molecule has 8 heteroatoms. The number of benzene rings is 2. The zero-order valence-corrected chi connectivity index (χ0v) is 16.9. The van der Waals surface area contributed by atoms with Crippen LogP contribution >= 0.6 is 0 Å². The average Bonchev–Trinajstić information content (AvgIpc) is 3.32. The molecule has 158 valence electrons. The Balaban J connectivity index is 1.57. The first kappa shape index (κ1) is 19.6. The largest absolute Gasteiger partial charge is 0.348 e. The van der Waals surface area contributed by atoms with Crippen LogP contribution in [-0.4, -0.2) is 25.1 Å². The Morgan fingerprint density at radius 1 is 0.875 bits per heavy atom. The summed E-state index contributed by atoms with van der Waals surface area (Å²) < 4.78 is 16.5. The van der Waals surface area contributed by atoms with Crippen LogP contribution in [0, 0.1) is 5.82 Å². The van der Waals surface area contributed by atoms with Crippen LogP contribution in [0.5, 0.6) is 0 Å². The van der Waals surface area contributed by atoms with Gasteiger partial charge in [-0.1, -0.05) is 12.1 Å². The summed E-state index contributed by atoms with van der Waals surface area (Å²) in [7, 11) is 0. The number of halogens is 1. The summed E-state index contributed by atoms with van der Waals surface area (Å²) in [5.41, 5.74) is 3.56. The van der Waals surface area contributed by atoms with E-state index < -0.39 is 0 Å². The van der Waals surface area contributed by atoms with Gasteiger partial charge in [0.15, 0.2) is 0 Å². The Labute approximate surface area is 181 Å². The van der Waals surface area contributed by atoms with Crippen LogP contribution in [0.4, 0.5) is 4.39 Å². The summed E-state index contributed by atoms with van der Waals surface area (Å²) in [5, 5.41) is 7.15. The van der Waals surface area contributed by atoms with Gasteiger partial charge in [0.05, 0.1) is 23.8 Å². The highest BCUT2D eigenvalue weighted by atomic mass is 19.1. The molecule has 0 spiro atoms. The molecular formula is C24H18FN5O2. The van der Waals surface area contributed by atoms with Gasteiger partial charge in [-0.25, -0.2) is 8.91 Å². The zero-order chi connectivity index (χ0) is 22.1. The summed E-state index contributed by atoms with van der Waals surface area (Å²) in [4.78, 5) is 29.9. The third-order valence-corrected chi connectivity index (χ3v) is 5.32. The van der Waals surface area contributed by atoms with Crippen molar-refractivity contribution in [3.05, 3.63) is 112 Å². The first-order valence-corrected chi connectivity index (χ1v) is 10.0. The van der Waals surface area contributed by atoms with E-state index in [0.717, 1.165) is 11.1 Å². The summed E-state index contributed by atoms with van der Waals surface area (Å²) in [6, 6.07) is 16.5. The van der Waals surface area contributed by atoms with Crippen molar-refractivity contribution in [2.75, 3.05) is 0 Å². The van der Waals surface area contributed by atoms with Crippen molar-refractivity contribution in [1.29, 1.82) is 0 Å². The lowest BCUT2D eigenvalue weighted by Crippen LogP contribution is -2.25. The molecule has 0 aliphatic rings. The first-order valence-electron chi connectivity index (χ1n) is 10.0. The maximum atomic E-state index is 13.3. The van der Waals surface area contributed by atoms with E-state index in [1.165, 1.54) is 12.1 Å². The minimum absolute atomic E-state index is 0.235. The van der Waals surface area contributed by atoms with E-state index in [9.17, 15) is 14.0 Å². The van der Waals surface area contributed by atoms with Crippen LogP contribution in [0.3, 0.4) is 0 Å². The number of hydrogen-bond donors (Lipinski definition) is 1. The second kappa shape index (κ2) is 8.07. The molecule has 0 radical (unpaired) electrons. The molecule has 3 heterocycles. The molecule has 3 aromatic heterocycles. The Morgan fingerprint density at radius 2 is 1.66 bits per heavy atom. The molecule has 0 aliphatic carbocycles. The molecule has 32 heavy (non-hydrogen) atoms. The van der Waals surface area contributed by atoms with E-state index in [1.807, 2.05) is 12.1 Å². The van der Waals surface area contributed by atoms with Crippen molar-refractivity contribution in [3.8, 4) is 0 Å². The Bertz CT molecular complexity index is 1490. The lowest BCUT2D eigenvalue weighted by molar-refractivity contribution is 0.0951. The van der Waals surface area contributed by atoms with Crippen molar-refractivity contribution in [2.45, 2.75) is 13.1 Å². The van der Waals surface area contributed by atoms with Gasteiger partial charge >= 0.3 is 0 Å². The molecule has 7 nitrogen and oxygen atoms in total. The van der Waals surface area contributed by atoms with E-state index in [4.69, 9.17) is 0 Å². The molecule has 1 N–H and O–H groups in total. The maximum absolute atomic E-state index is 13.3.